The number of likely N-dealkylation sites (tertiary alicyclic amines) is 1. The Bertz CT molecular complexity index is 1280. The minimum atomic E-state index is -0.0769. The van der Waals surface area contributed by atoms with E-state index in [1.807, 2.05) is 57.3 Å². The number of fused-ring (bicyclic) bond motifs is 1. The number of nitrogens with one attached hydrogen (secondary N) is 1. The van der Waals surface area contributed by atoms with Crippen LogP contribution in [0.15, 0.2) is 36.5 Å². The van der Waals surface area contributed by atoms with Crippen LogP contribution in [-0.2, 0) is 4.79 Å². The summed E-state index contributed by atoms with van der Waals surface area (Å²) in [6, 6.07) is 9.67. The molecule has 0 bridgehead atoms. The predicted octanol–water partition coefficient (Wildman–Crippen LogP) is 2.45. The van der Waals surface area contributed by atoms with Crippen molar-refractivity contribution in [3.05, 3.63) is 59.4 Å². The van der Waals surface area contributed by atoms with Crippen LogP contribution in [0, 0.1) is 20.8 Å². The molecule has 0 aliphatic carbocycles. The first kappa shape index (κ1) is 21.2. The van der Waals surface area contributed by atoms with Crippen LogP contribution in [0.5, 0.6) is 0 Å². The second kappa shape index (κ2) is 8.70. The van der Waals surface area contributed by atoms with Gasteiger partial charge in [-0.1, -0.05) is 6.07 Å². The third-order valence-corrected chi connectivity index (χ3v) is 5.92. The molecule has 0 unspecified atom stereocenters. The highest BCUT2D eigenvalue weighted by Gasteiger charge is 2.26. The molecule has 5 heterocycles. The zero-order chi connectivity index (χ0) is 22.9. The second-order valence-corrected chi connectivity index (χ2v) is 8.62. The number of amides is 1. The molecule has 0 aromatic carbocycles. The number of rotatable bonds is 5. The number of hydrogen-bond donors (Lipinski definition) is 1. The fourth-order valence-corrected chi connectivity index (χ4v) is 4.42. The quantitative estimate of drug-likeness (QED) is 0.503. The average molecular weight is 446 g/mol. The van der Waals surface area contributed by atoms with E-state index in [0.717, 1.165) is 54.5 Å². The van der Waals surface area contributed by atoms with Crippen LogP contribution in [0.2, 0.25) is 0 Å². The Morgan fingerprint density at radius 3 is 2.55 bits per heavy atom. The molecule has 4 aromatic rings. The van der Waals surface area contributed by atoms with Crippen LogP contribution >= 0.6 is 0 Å². The SMILES string of the molecule is Cc1cc(C)nc(-n2nc(C)cc2NC(=O)CN2CCC(c3nnc4ccccn34)CC2)n1. The minimum absolute atomic E-state index is 0.0769. The molecule has 0 atom stereocenters. The van der Waals surface area contributed by atoms with Gasteiger partial charge < -0.3 is 5.32 Å². The van der Waals surface area contributed by atoms with E-state index in [2.05, 4.69) is 39.9 Å². The lowest BCUT2D eigenvalue weighted by Gasteiger charge is -2.30. The molecule has 1 N–H and O–H groups in total. The van der Waals surface area contributed by atoms with Gasteiger partial charge in [0.2, 0.25) is 5.91 Å². The maximum absolute atomic E-state index is 12.8. The highest BCUT2D eigenvalue weighted by molar-refractivity contribution is 5.91. The van der Waals surface area contributed by atoms with Crippen molar-refractivity contribution >= 4 is 17.4 Å². The summed E-state index contributed by atoms with van der Waals surface area (Å²) < 4.78 is 3.65. The normalized spacial score (nSPS) is 15.2. The van der Waals surface area contributed by atoms with E-state index in [-0.39, 0.29) is 5.91 Å². The number of anilines is 1. The Morgan fingerprint density at radius 1 is 1.03 bits per heavy atom. The van der Waals surface area contributed by atoms with Gasteiger partial charge in [-0.2, -0.15) is 9.78 Å². The standard InChI is InChI=1S/C23H27N9O/c1-15-12-16(2)25-23(24-15)32-20(13-17(3)29-32)26-21(33)14-30-10-7-18(8-11-30)22-28-27-19-6-4-5-9-31(19)22/h4-6,9,12-13,18H,7-8,10-11,14H2,1-3H3,(H,26,33). The molecule has 1 aliphatic rings. The molecular formula is C23H27N9O. The molecule has 0 spiro atoms. The van der Waals surface area contributed by atoms with E-state index < -0.39 is 0 Å². The third-order valence-electron chi connectivity index (χ3n) is 5.92. The number of aromatic nitrogens is 7. The third kappa shape index (κ3) is 4.47. The molecule has 1 amide bonds. The van der Waals surface area contributed by atoms with E-state index >= 15 is 0 Å². The fraction of sp³-hybridized carbons (Fsp3) is 0.391. The molecule has 5 rings (SSSR count). The van der Waals surface area contributed by atoms with Gasteiger partial charge in [-0.05, 0) is 64.9 Å². The van der Waals surface area contributed by atoms with E-state index in [9.17, 15) is 4.79 Å². The van der Waals surface area contributed by atoms with Crippen molar-refractivity contribution in [2.45, 2.75) is 39.5 Å². The van der Waals surface area contributed by atoms with Gasteiger partial charge >= 0.3 is 0 Å². The minimum Gasteiger partial charge on any atom is -0.309 e. The molecule has 170 valence electrons. The molecule has 1 saturated heterocycles. The maximum atomic E-state index is 12.8. The number of carbonyl (C=O) groups excluding carboxylic acids is 1. The highest BCUT2D eigenvalue weighted by Crippen LogP contribution is 2.27. The van der Waals surface area contributed by atoms with Gasteiger partial charge in [0.05, 0.1) is 12.2 Å². The van der Waals surface area contributed by atoms with Crippen molar-refractivity contribution in [2.24, 2.45) is 0 Å². The van der Waals surface area contributed by atoms with Gasteiger partial charge in [0.1, 0.15) is 11.6 Å². The van der Waals surface area contributed by atoms with E-state index in [1.165, 1.54) is 0 Å². The Hall–Kier alpha value is -3.66. The van der Waals surface area contributed by atoms with Crippen molar-refractivity contribution < 1.29 is 4.79 Å². The van der Waals surface area contributed by atoms with Crippen LogP contribution in [0.1, 0.15) is 41.7 Å². The highest BCUT2D eigenvalue weighted by atomic mass is 16.2. The number of carbonyl (C=O) groups is 1. The lowest BCUT2D eigenvalue weighted by atomic mass is 9.96. The first-order valence-electron chi connectivity index (χ1n) is 11.2. The predicted molar refractivity (Wildman–Crippen MR) is 123 cm³/mol. The number of aryl methyl sites for hydroxylation is 3. The molecule has 1 aliphatic heterocycles. The molecule has 10 nitrogen and oxygen atoms in total. The Kier molecular flexibility index (Phi) is 5.59. The summed E-state index contributed by atoms with van der Waals surface area (Å²) >= 11 is 0. The van der Waals surface area contributed by atoms with Crippen LogP contribution in [0.25, 0.3) is 11.6 Å². The van der Waals surface area contributed by atoms with Crippen molar-refractivity contribution in [2.75, 3.05) is 25.0 Å². The summed E-state index contributed by atoms with van der Waals surface area (Å²) in [5.41, 5.74) is 3.36. The molecule has 10 heteroatoms. The van der Waals surface area contributed by atoms with Crippen molar-refractivity contribution in [1.29, 1.82) is 0 Å². The van der Waals surface area contributed by atoms with Crippen molar-refractivity contribution in [1.82, 2.24) is 39.2 Å². The zero-order valence-corrected chi connectivity index (χ0v) is 19.1. The number of piperidine rings is 1. The van der Waals surface area contributed by atoms with Gasteiger partial charge in [0.25, 0.3) is 5.95 Å². The summed E-state index contributed by atoms with van der Waals surface area (Å²) in [5.74, 6) is 2.30. The first-order chi connectivity index (χ1) is 16.0. The summed E-state index contributed by atoms with van der Waals surface area (Å²) in [6.45, 7) is 7.70. The van der Waals surface area contributed by atoms with Gasteiger partial charge in [0.15, 0.2) is 5.65 Å². The average Bonchev–Trinajstić information content (AvgIpc) is 3.37. The monoisotopic (exact) mass is 445 g/mol. The van der Waals surface area contributed by atoms with Crippen LogP contribution in [0.4, 0.5) is 5.82 Å². The van der Waals surface area contributed by atoms with Gasteiger partial charge in [0, 0.05) is 29.6 Å². The van der Waals surface area contributed by atoms with Crippen molar-refractivity contribution in [3.63, 3.8) is 0 Å². The van der Waals surface area contributed by atoms with Gasteiger partial charge in [-0.25, -0.2) is 9.97 Å². The Labute approximate surface area is 191 Å². The van der Waals surface area contributed by atoms with Crippen molar-refractivity contribution in [3.8, 4) is 5.95 Å². The number of hydrogen-bond acceptors (Lipinski definition) is 7. The second-order valence-electron chi connectivity index (χ2n) is 8.62. The largest absolute Gasteiger partial charge is 0.309 e. The lowest BCUT2D eigenvalue weighted by molar-refractivity contribution is -0.117. The summed E-state index contributed by atoms with van der Waals surface area (Å²) in [7, 11) is 0. The number of pyridine rings is 1. The molecule has 0 saturated carbocycles. The van der Waals surface area contributed by atoms with Crippen LogP contribution in [-0.4, -0.2) is 64.8 Å². The first-order valence-corrected chi connectivity index (χ1v) is 11.2. The fourth-order valence-electron chi connectivity index (χ4n) is 4.42. The molecular weight excluding hydrogens is 418 g/mol. The van der Waals surface area contributed by atoms with E-state index in [4.69, 9.17) is 0 Å². The summed E-state index contributed by atoms with van der Waals surface area (Å²) in [5, 5.41) is 16.1. The maximum Gasteiger partial charge on any atom is 0.252 e. The summed E-state index contributed by atoms with van der Waals surface area (Å²) in [6.07, 6.45) is 3.89. The summed E-state index contributed by atoms with van der Waals surface area (Å²) in [4.78, 5) is 23.9. The van der Waals surface area contributed by atoms with E-state index in [1.54, 1.807) is 4.68 Å². The Balaban J connectivity index is 1.22. The smallest absolute Gasteiger partial charge is 0.252 e. The lowest BCUT2D eigenvalue weighted by Crippen LogP contribution is -2.39. The van der Waals surface area contributed by atoms with Gasteiger partial charge in [-0.15, -0.1) is 10.2 Å². The van der Waals surface area contributed by atoms with E-state index in [0.29, 0.717) is 24.2 Å². The topological polar surface area (TPSA) is 106 Å². The molecule has 0 radical (unpaired) electrons. The van der Waals surface area contributed by atoms with Crippen LogP contribution < -0.4 is 5.32 Å². The number of nitrogens with zero attached hydrogens (tertiary/aromatic N) is 8. The molecule has 1 fully saturated rings. The molecule has 33 heavy (non-hydrogen) atoms. The van der Waals surface area contributed by atoms with Gasteiger partial charge in [-0.3, -0.25) is 14.1 Å². The zero-order valence-electron chi connectivity index (χ0n) is 19.1. The Morgan fingerprint density at radius 2 is 1.79 bits per heavy atom. The molecule has 4 aromatic heterocycles. The van der Waals surface area contributed by atoms with Crippen LogP contribution in [0.3, 0.4) is 0 Å².